The summed E-state index contributed by atoms with van der Waals surface area (Å²) < 4.78 is 4.31. The van der Waals surface area contributed by atoms with Gasteiger partial charge in [-0.25, -0.2) is 0 Å². The highest BCUT2D eigenvalue weighted by Gasteiger charge is 2.18. The van der Waals surface area contributed by atoms with E-state index >= 15 is 0 Å². The Labute approximate surface area is 191 Å². The number of hydrogen-bond donors (Lipinski definition) is 1. The highest BCUT2D eigenvalue weighted by Crippen LogP contribution is 2.21. The molecule has 4 aromatic rings. The number of benzene rings is 1. The van der Waals surface area contributed by atoms with Crippen LogP contribution in [0.15, 0.2) is 40.5 Å². The van der Waals surface area contributed by atoms with Gasteiger partial charge in [-0.15, -0.1) is 21.5 Å². The number of hydrogen-bond acceptors (Lipinski definition) is 5. The van der Waals surface area contributed by atoms with Crippen molar-refractivity contribution in [2.45, 2.75) is 59.5 Å². The van der Waals surface area contributed by atoms with Gasteiger partial charge in [0.1, 0.15) is 10.5 Å². The van der Waals surface area contributed by atoms with Gasteiger partial charge in [0.15, 0.2) is 0 Å². The zero-order chi connectivity index (χ0) is 22.8. The number of aromatic nitrogens is 4. The monoisotopic (exact) mass is 451 g/mol. The van der Waals surface area contributed by atoms with Gasteiger partial charge in [0.25, 0.3) is 5.56 Å². The van der Waals surface area contributed by atoms with Crippen LogP contribution in [0.3, 0.4) is 0 Å². The highest BCUT2D eigenvalue weighted by atomic mass is 32.1. The zero-order valence-corrected chi connectivity index (χ0v) is 19.8. The third-order valence-corrected chi connectivity index (χ3v) is 6.43. The lowest BCUT2D eigenvalue weighted by Gasteiger charge is -2.11. The van der Waals surface area contributed by atoms with Crippen LogP contribution in [0.25, 0.3) is 16.0 Å². The van der Waals surface area contributed by atoms with E-state index in [1.165, 1.54) is 16.9 Å². The number of carbonyl (C=O) groups excluding carboxylic acids is 1. The lowest BCUT2D eigenvalue weighted by Crippen LogP contribution is -2.25. The molecular formula is C24H29N5O2S. The van der Waals surface area contributed by atoms with Crippen molar-refractivity contribution in [2.75, 3.05) is 0 Å². The summed E-state index contributed by atoms with van der Waals surface area (Å²) in [7, 11) is 0. The fourth-order valence-corrected chi connectivity index (χ4v) is 4.63. The summed E-state index contributed by atoms with van der Waals surface area (Å²) in [6.07, 6.45) is 0.754. The SMILES string of the molecule is CC(C)Cn1c(=O)c2sccc2n2c(CCC(=O)NCc3ccc(C(C)C)cc3)nnc12. The number of nitrogens with zero attached hydrogens (tertiary/aromatic N) is 4. The maximum absolute atomic E-state index is 12.9. The Balaban J connectivity index is 1.49. The van der Waals surface area contributed by atoms with Gasteiger partial charge in [-0.1, -0.05) is 52.0 Å². The van der Waals surface area contributed by atoms with Crippen molar-refractivity contribution in [1.82, 2.24) is 24.5 Å². The minimum atomic E-state index is -0.0354. The Morgan fingerprint density at radius 3 is 2.53 bits per heavy atom. The molecule has 0 aliphatic heterocycles. The van der Waals surface area contributed by atoms with E-state index in [0.29, 0.717) is 54.1 Å². The average Bonchev–Trinajstić information content (AvgIpc) is 3.41. The molecule has 32 heavy (non-hydrogen) atoms. The van der Waals surface area contributed by atoms with Gasteiger partial charge in [-0.3, -0.25) is 18.6 Å². The van der Waals surface area contributed by atoms with Crippen LogP contribution in [0.2, 0.25) is 0 Å². The molecule has 0 radical (unpaired) electrons. The Hall–Kier alpha value is -3.00. The quantitative estimate of drug-likeness (QED) is 0.437. The van der Waals surface area contributed by atoms with E-state index in [4.69, 9.17) is 0 Å². The molecule has 0 saturated carbocycles. The van der Waals surface area contributed by atoms with Crippen molar-refractivity contribution in [3.63, 3.8) is 0 Å². The number of rotatable bonds is 8. The van der Waals surface area contributed by atoms with Crippen LogP contribution >= 0.6 is 11.3 Å². The third-order valence-electron chi connectivity index (χ3n) is 5.54. The largest absolute Gasteiger partial charge is 0.352 e. The number of nitrogens with one attached hydrogen (secondary N) is 1. The van der Waals surface area contributed by atoms with E-state index in [1.54, 1.807) is 4.57 Å². The predicted octanol–water partition coefficient (Wildman–Crippen LogP) is 4.13. The minimum Gasteiger partial charge on any atom is -0.352 e. The van der Waals surface area contributed by atoms with Gasteiger partial charge in [-0.05, 0) is 34.4 Å². The first-order valence-electron chi connectivity index (χ1n) is 11.0. The number of carbonyl (C=O) groups is 1. The molecule has 0 fully saturated rings. The fourth-order valence-electron chi connectivity index (χ4n) is 3.81. The summed E-state index contributed by atoms with van der Waals surface area (Å²) in [4.78, 5) is 25.4. The van der Waals surface area contributed by atoms with E-state index in [-0.39, 0.29) is 11.5 Å². The number of thiophene rings is 1. The average molecular weight is 452 g/mol. The van der Waals surface area contributed by atoms with Crippen LogP contribution < -0.4 is 10.9 Å². The van der Waals surface area contributed by atoms with Crippen LogP contribution in [0, 0.1) is 5.92 Å². The maximum Gasteiger partial charge on any atom is 0.272 e. The minimum absolute atomic E-state index is 0.0311. The molecule has 0 aliphatic rings. The topological polar surface area (TPSA) is 81.3 Å². The van der Waals surface area contributed by atoms with Gasteiger partial charge in [0, 0.05) is 25.9 Å². The molecule has 0 bridgehead atoms. The van der Waals surface area contributed by atoms with Crippen LogP contribution in [0.5, 0.6) is 0 Å². The van der Waals surface area contributed by atoms with E-state index in [9.17, 15) is 9.59 Å². The summed E-state index contributed by atoms with van der Waals surface area (Å²) in [5.74, 6) is 1.98. The molecule has 0 atom stereocenters. The molecule has 1 aromatic carbocycles. The summed E-state index contributed by atoms with van der Waals surface area (Å²) in [6, 6.07) is 10.3. The van der Waals surface area contributed by atoms with Crippen molar-refractivity contribution in [3.8, 4) is 0 Å². The van der Waals surface area contributed by atoms with E-state index in [1.807, 2.05) is 15.8 Å². The predicted molar refractivity (Wildman–Crippen MR) is 128 cm³/mol. The van der Waals surface area contributed by atoms with Crippen LogP contribution in [-0.4, -0.2) is 25.1 Å². The maximum atomic E-state index is 12.9. The molecule has 1 N–H and O–H groups in total. The second kappa shape index (κ2) is 9.24. The lowest BCUT2D eigenvalue weighted by molar-refractivity contribution is -0.121. The molecular weight excluding hydrogens is 422 g/mol. The molecule has 7 nitrogen and oxygen atoms in total. The van der Waals surface area contributed by atoms with E-state index in [2.05, 4.69) is 67.5 Å². The number of aryl methyl sites for hydroxylation is 1. The van der Waals surface area contributed by atoms with E-state index in [0.717, 1.165) is 11.1 Å². The molecule has 3 aromatic heterocycles. The van der Waals surface area contributed by atoms with Crippen molar-refractivity contribution in [1.29, 1.82) is 0 Å². The number of fused-ring (bicyclic) bond motifs is 3. The first-order chi connectivity index (χ1) is 15.3. The smallest absolute Gasteiger partial charge is 0.272 e. The van der Waals surface area contributed by atoms with Crippen molar-refractivity contribution in [2.24, 2.45) is 5.92 Å². The second-order valence-electron chi connectivity index (χ2n) is 8.87. The molecule has 168 valence electrons. The molecule has 4 rings (SSSR count). The normalized spacial score (nSPS) is 11.8. The van der Waals surface area contributed by atoms with Gasteiger partial charge in [0.05, 0.1) is 5.52 Å². The number of amides is 1. The van der Waals surface area contributed by atoms with Crippen molar-refractivity contribution >= 4 is 33.2 Å². The van der Waals surface area contributed by atoms with Crippen molar-refractivity contribution in [3.05, 3.63) is 63.0 Å². The first kappa shape index (κ1) is 22.2. The van der Waals surface area contributed by atoms with Crippen LogP contribution in [0.1, 0.15) is 57.0 Å². The Morgan fingerprint density at radius 2 is 1.84 bits per heavy atom. The second-order valence-corrected chi connectivity index (χ2v) is 9.79. The highest BCUT2D eigenvalue weighted by molar-refractivity contribution is 7.17. The van der Waals surface area contributed by atoms with Crippen LogP contribution in [-0.2, 0) is 24.3 Å². The summed E-state index contributed by atoms with van der Waals surface area (Å²) >= 11 is 1.43. The summed E-state index contributed by atoms with van der Waals surface area (Å²) in [5, 5.41) is 13.5. The molecule has 0 aliphatic carbocycles. The summed E-state index contributed by atoms with van der Waals surface area (Å²) in [6.45, 7) is 9.54. The lowest BCUT2D eigenvalue weighted by atomic mass is 10.0. The Kier molecular flexibility index (Phi) is 6.41. The summed E-state index contributed by atoms with van der Waals surface area (Å²) in [5.41, 5.74) is 3.14. The molecule has 0 spiro atoms. The molecule has 1 amide bonds. The third kappa shape index (κ3) is 4.46. The first-order valence-corrected chi connectivity index (χ1v) is 11.9. The van der Waals surface area contributed by atoms with Gasteiger partial charge in [-0.2, -0.15) is 0 Å². The van der Waals surface area contributed by atoms with Crippen LogP contribution in [0.4, 0.5) is 0 Å². The Bertz CT molecular complexity index is 1300. The molecule has 8 heteroatoms. The van der Waals surface area contributed by atoms with Gasteiger partial charge >= 0.3 is 0 Å². The standard InChI is InChI=1S/C24H29N5O2S/c1-15(2)14-28-23(31)22-19(11-12-32-22)29-20(26-27-24(28)29)9-10-21(30)25-13-17-5-7-18(8-6-17)16(3)4/h5-8,11-12,15-16H,9-10,13-14H2,1-4H3,(H,25,30). The van der Waals surface area contributed by atoms with Gasteiger partial charge in [0.2, 0.25) is 11.7 Å². The molecule has 0 unspecified atom stereocenters. The van der Waals surface area contributed by atoms with Crippen molar-refractivity contribution < 1.29 is 4.79 Å². The molecule has 0 saturated heterocycles. The molecule has 3 heterocycles. The van der Waals surface area contributed by atoms with E-state index < -0.39 is 0 Å². The Morgan fingerprint density at radius 1 is 1.09 bits per heavy atom. The van der Waals surface area contributed by atoms with Gasteiger partial charge < -0.3 is 5.32 Å². The zero-order valence-electron chi connectivity index (χ0n) is 19.0. The fraction of sp³-hybridized carbons (Fsp3) is 0.417.